The van der Waals surface area contributed by atoms with Gasteiger partial charge in [-0.3, -0.25) is 0 Å². The standard InChI is InChI=1S/C17H17Cl3/c1-12-3-2-4-13(7-12)8-14(11-18)9-15-10-16(19)5-6-17(15)20/h2-7,10,14H,8-9,11H2,1H3. The Morgan fingerprint density at radius 3 is 2.50 bits per heavy atom. The van der Waals surface area contributed by atoms with Crippen LogP contribution in [0.2, 0.25) is 10.0 Å². The van der Waals surface area contributed by atoms with Gasteiger partial charge in [0.15, 0.2) is 0 Å². The van der Waals surface area contributed by atoms with Crippen molar-refractivity contribution in [2.24, 2.45) is 5.92 Å². The summed E-state index contributed by atoms with van der Waals surface area (Å²) < 4.78 is 0. The van der Waals surface area contributed by atoms with Crippen molar-refractivity contribution in [3.8, 4) is 0 Å². The van der Waals surface area contributed by atoms with E-state index in [1.807, 2.05) is 18.2 Å². The minimum Gasteiger partial charge on any atom is -0.126 e. The molecule has 0 spiro atoms. The molecule has 0 aromatic heterocycles. The SMILES string of the molecule is Cc1cccc(CC(CCl)Cc2cc(Cl)ccc2Cl)c1. The molecule has 0 saturated carbocycles. The second-order valence-corrected chi connectivity index (χ2v) is 6.31. The van der Waals surface area contributed by atoms with Gasteiger partial charge in [0, 0.05) is 15.9 Å². The summed E-state index contributed by atoms with van der Waals surface area (Å²) in [5, 5.41) is 1.47. The lowest BCUT2D eigenvalue weighted by atomic mass is 9.93. The second kappa shape index (κ2) is 7.36. The fraction of sp³-hybridized carbons (Fsp3) is 0.294. The molecule has 0 bridgehead atoms. The van der Waals surface area contributed by atoms with Crippen molar-refractivity contribution in [3.05, 3.63) is 69.2 Å². The van der Waals surface area contributed by atoms with E-state index < -0.39 is 0 Å². The van der Waals surface area contributed by atoms with Crippen LogP contribution >= 0.6 is 34.8 Å². The monoisotopic (exact) mass is 326 g/mol. The third kappa shape index (κ3) is 4.41. The number of benzene rings is 2. The lowest BCUT2D eigenvalue weighted by Crippen LogP contribution is -2.10. The van der Waals surface area contributed by atoms with Crippen LogP contribution in [0.25, 0.3) is 0 Å². The highest BCUT2D eigenvalue weighted by Crippen LogP contribution is 2.25. The van der Waals surface area contributed by atoms with Gasteiger partial charge in [-0.05, 0) is 55.0 Å². The molecule has 2 aromatic carbocycles. The molecule has 0 aliphatic heterocycles. The quantitative estimate of drug-likeness (QED) is 0.596. The molecular formula is C17H17Cl3. The molecule has 0 aliphatic carbocycles. The first-order chi connectivity index (χ1) is 9.58. The molecular weight excluding hydrogens is 311 g/mol. The van der Waals surface area contributed by atoms with Crippen LogP contribution in [0.3, 0.4) is 0 Å². The van der Waals surface area contributed by atoms with Gasteiger partial charge in [0.25, 0.3) is 0 Å². The maximum absolute atomic E-state index is 6.22. The summed E-state index contributed by atoms with van der Waals surface area (Å²) in [4.78, 5) is 0. The van der Waals surface area contributed by atoms with Crippen LogP contribution in [-0.4, -0.2) is 5.88 Å². The average molecular weight is 328 g/mol. The largest absolute Gasteiger partial charge is 0.126 e. The van der Waals surface area contributed by atoms with Gasteiger partial charge in [-0.1, -0.05) is 53.0 Å². The van der Waals surface area contributed by atoms with Crippen molar-refractivity contribution in [2.45, 2.75) is 19.8 Å². The van der Waals surface area contributed by atoms with Crippen LogP contribution in [0.5, 0.6) is 0 Å². The van der Waals surface area contributed by atoms with E-state index in [0.717, 1.165) is 23.4 Å². The summed E-state index contributed by atoms with van der Waals surface area (Å²) in [5.74, 6) is 0.964. The first-order valence-corrected chi connectivity index (χ1v) is 7.93. The van der Waals surface area contributed by atoms with E-state index in [1.165, 1.54) is 11.1 Å². The fourth-order valence-corrected chi connectivity index (χ4v) is 2.97. The van der Waals surface area contributed by atoms with Crippen LogP contribution in [0, 0.1) is 12.8 Å². The zero-order valence-corrected chi connectivity index (χ0v) is 13.6. The molecule has 1 unspecified atom stereocenters. The number of hydrogen-bond acceptors (Lipinski definition) is 0. The Balaban J connectivity index is 2.11. The topological polar surface area (TPSA) is 0 Å². The minimum atomic E-state index is 0.356. The molecule has 2 aromatic rings. The van der Waals surface area contributed by atoms with Crippen molar-refractivity contribution < 1.29 is 0 Å². The number of aryl methyl sites for hydroxylation is 1. The molecule has 0 heterocycles. The Hall–Kier alpha value is -0.690. The number of alkyl halides is 1. The van der Waals surface area contributed by atoms with Crippen LogP contribution in [-0.2, 0) is 12.8 Å². The second-order valence-electron chi connectivity index (χ2n) is 5.15. The normalized spacial score (nSPS) is 12.4. The molecule has 3 heteroatoms. The summed E-state index contributed by atoms with van der Waals surface area (Å²) >= 11 is 18.4. The first-order valence-electron chi connectivity index (χ1n) is 6.64. The Morgan fingerprint density at radius 1 is 1.00 bits per heavy atom. The molecule has 0 radical (unpaired) electrons. The predicted molar refractivity (Wildman–Crippen MR) is 89.3 cm³/mol. The van der Waals surface area contributed by atoms with E-state index in [2.05, 4.69) is 31.2 Å². The van der Waals surface area contributed by atoms with E-state index in [-0.39, 0.29) is 0 Å². The third-order valence-electron chi connectivity index (χ3n) is 3.34. The summed E-state index contributed by atoms with van der Waals surface area (Å²) in [5.41, 5.74) is 3.66. The molecule has 106 valence electrons. The molecule has 0 nitrogen and oxygen atoms in total. The Kier molecular flexibility index (Phi) is 5.77. The van der Waals surface area contributed by atoms with Crippen molar-refractivity contribution in [1.29, 1.82) is 0 Å². The highest BCUT2D eigenvalue weighted by Gasteiger charge is 2.12. The van der Waals surface area contributed by atoms with Crippen molar-refractivity contribution in [1.82, 2.24) is 0 Å². The fourth-order valence-electron chi connectivity index (χ4n) is 2.36. The van der Waals surface area contributed by atoms with Crippen molar-refractivity contribution in [3.63, 3.8) is 0 Å². The number of rotatable bonds is 5. The van der Waals surface area contributed by atoms with E-state index in [9.17, 15) is 0 Å². The summed E-state index contributed by atoms with van der Waals surface area (Å²) in [6.45, 7) is 2.10. The summed E-state index contributed by atoms with van der Waals surface area (Å²) in [7, 11) is 0. The van der Waals surface area contributed by atoms with Crippen LogP contribution in [0.15, 0.2) is 42.5 Å². The van der Waals surface area contributed by atoms with E-state index in [4.69, 9.17) is 34.8 Å². The Labute approximate surface area is 135 Å². The molecule has 0 N–H and O–H groups in total. The molecule has 1 atom stereocenters. The van der Waals surface area contributed by atoms with Gasteiger partial charge in [-0.15, -0.1) is 11.6 Å². The predicted octanol–water partition coefficient (Wildman–Crippen LogP) is 5.94. The van der Waals surface area contributed by atoms with E-state index in [0.29, 0.717) is 16.8 Å². The molecule has 0 fully saturated rings. The van der Waals surface area contributed by atoms with Crippen LogP contribution in [0.1, 0.15) is 16.7 Å². The number of hydrogen-bond donors (Lipinski definition) is 0. The molecule has 0 amide bonds. The van der Waals surface area contributed by atoms with Gasteiger partial charge >= 0.3 is 0 Å². The summed E-state index contributed by atoms with van der Waals surface area (Å²) in [6.07, 6.45) is 1.80. The van der Waals surface area contributed by atoms with E-state index >= 15 is 0 Å². The van der Waals surface area contributed by atoms with Gasteiger partial charge in [0.1, 0.15) is 0 Å². The van der Waals surface area contributed by atoms with Gasteiger partial charge in [-0.2, -0.15) is 0 Å². The molecule has 20 heavy (non-hydrogen) atoms. The highest BCUT2D eigenvalue weighted by atomic mass is 35.5. The van der Waals surface area contributed by atoms with E-state index in [1.54, 1.807) is 0 Å². The average Bonchev–Trinajstić information content (AvgIpc) is 2.42. The lowest BCUT2D eigenvalue weighted by Gasteiger charge is -2.15. The van der Waals surface area contributed by atoms with Crippen LogP contribution < -0.4 is 0 Å². The maximum Gasteiger partial charge on any atom is 0.0439 e. The van der Waals surface area contributed by atoms with Gasteiger partial charge in [-0.25, -0.2) is 0 Å². The molecule has 0 saturated heterocycles. The van der Waals surface area contributed by atoms with Gasteiger partial charge < -0.3 is 0 Å². The number of halogens is 3. The van der Waals surface area contributed by atoms with Gasteiger partial charge in [0.2, 0.25) is 0 Å². The molecule has 2 rings (SSSR count). The molecule has 0 aliphatic rings. The lowest BCUT2D eigenvalue weighted by molar-refractivity contribution is 0.584. The smallest absolute Gasteiger partial charge is 0.0439 e. The van der Waals surface area contributed by atoms with Crippen molar-refractivity contribution in [2.75, 3.05) is 5.88 Å². The zero-order valence-electron chi connectivity index (χ0n) is 11.4. The zero-order chi connectivity index (χ0) is 14.5. The van der Waals surface area contributed by atoms with Gasteiger partial charge in [0.05, 0.1) is 0 Å². The summed E-state index contributed by atoms with van der Waals surface area (Å²) in [6, 6.07) is 14.1. The maximum atomic E-state index is 6.22. The minimum absolute atomic E-state index is 0.356. The first kappa shape index (κ1) is 15.7. The van der Waals surface area contributed by atoms with Crippen LogP contribution in [0.4, 0.5) is 0 Å². The van der Waals surface area contributed by atoms with Crippen molar-refractivity contribution >= 4 is 34.8 Å². The highest BCUT2D eigenvalue weighted by molar-refractivity contribution is 6.33. The third-order valence-corrected chi connectivity index (χ3v) is 4.38. The Bertz CT molecular complexity index is 578. The Morgan fingerprint density at radius 2 is 1.80 bits per heavy atom.